The third-order valence-corrected chi connectivity index (χ3v) is 4.64. The number of hydrogen-bond acceptors (Lipinski definition) is 5. The Morgan fingerprint density at radius 2 is 2.10 bits per heavy atom. The first-order chi connectivity index (χ1) is 9.38. The summed E-state index contributed by atoms with van der Waals surface area (Å²) in [6.07, 6.45) is 4.13. The van der Waals surface area contributed by atoms with Crippen molar-refractivity contribution in [3.8, 4) is 0 Å². The van der Waals surface area contributed by atoms with Gasteiger partial charge in [0.05, 0.1) is 11.8 Å². The first-order valence-corrected chi connectivity index (χ1v) is 8.19. The Morgan fingerprint density at radius 1 is 1.45 bits per heavy atom. The molecule has 1 amide bonds. The summed E-state index contributed by atoms with van der Waals surface area (Å²) in [7, 11) is -3.13. The fraction of sp³-hybridized carbons (Fsp3) is 0.500. The van der Waals surface area contributed by atoms with Crippen LogP contribution in [0.25, 0.3) is 0 Å². The topological polar surface area (TPSA) is 105 Å². The fourth-order valence-electron chi connectivity index (χ4n) is 2.24. The molecule has 0 saturated carbocycles. The number of hydrogen-bond donors (Lipinski definition) is 2. The standard InChI is InChI=1S/C12H18N4O3S/c1-20(18,19)16-7-4-9(5-8-16)15-12-10(11(13)17)3-2-6-14-12/h2-3,6,9H,4-5,7-8H2,1H3,(H2,13,17)(H,14,15). The number of pyridine rings is 1. The maximum atomic E-state index is 11.4. The minimum Gasteiger partial charge on any atom is -0.367 e. The van der Waals surface area contributed by atoms with E-state index in [4.69, 9.17) is 5.73 Å². The van der Waals surface area contributed by atoms with Crippen LogP contribution in [0.1, 0.15) is 23.2 Å². The molecule has 1 aliphatic rings. The average Bonchev–Trinajstić information content (AvgIpc) is 2.38. The van der Waals surface area contributed by atoms with Crippen molar-refractivity contribution < 1.29 is 13.2 Å². The molecule has 0 spiro atoms. The number of anilines is 1. The van der Waals surface area contributed by atoms with E-state index in [2.05, 4.69) is 10.3 Å². The maximum Gasteiger partial charge on any atom is 0.252 e. The van der Waals surface area contributed by atoms with Crippen LogP contribution in [0.4, 0.5) is 5.82 Å². The quantitative estimate of drug-likeness (QED) is 0.815. The van der Waals surface area contributed by atoms with Crippen molar-refractivity contribution in [3.63, 3.8) is 0 Å². The number of primary amides is 1. The van der Waals surface area contributed by atoms with Crippen molar-refractivity contribution in [1.82, 2.24) is 9.29 Å². The molecule has 20 heavy (non-hydrogen) atoms. The summed E-state index contributed by atoms with van der Waals surface area (Å²) in [4.78, 5) is 15.4. The van der Waals surface area contributed by atoms with Crippen LogP contribution in [0.3, 0.4) is 0 Å². The molecular weight excluding hydrogens is 280 g/mol. The van der Waals surface area contributed by atoms with Gasteiger partial charge in [-0.2, -0.15) is 0 Å². The summed E-state index contributed by atoms with van der Waals surface area (Å²) in [5.74, 6) is -0.0769. The lowest BCUT2D eigenvalue weighted by molar-refractivity contribution is 0.100. The molecule has 2 rings (SSSR count). The number of amides is 1. The van der Waals surface area contributed by atoms with E-state index in [9.17, 15) is 13.2 Å². The van der Waals surface area contributed by atoms with E-state index >= 15 is 0 Å². The number of rotatable bonds is 4. The fourth-order valence-corrected chi connectivity index (χ4v) is 3.12. The smallest absolute Gasteiger partial charge is 0.252 e. The van der Waals surface area contributed by atoms with E-state index < -0.39 is 15.9 Å². The Morgan fingerprint density at radius 3 is 2.65 bits per heavy atom. The molecule has 110 valence electrons. The summed E-state index contributed by atoms with van der Waals surface area (Å²) in [5.41, 5.74) is 5.64. The third kappa shape index (κ3) is 3.45. The van der Waals surface area contributed by atoms with Crippen molar-refractivity contribution in [3.05, 3.63) is 23.9 Å². The normalized spacial score (nSPS) is 17.9. The molecule has 0 bridgehead atoms. The number of nitrogens with two attached hydrogens (primary N) is 1. The summed E-state index contributed by atoms with van der Waals surface area (Å²) >= 11 is 0. The highest BCUT2D eigenvalue weighted by atomic mass is 32.2. The zero-order valence-corrected chi connectivity index (χ0v) is 12.1. The lowest BCUT2D eigenvalue weighted by Gasteiger charge is -2.31. The average molecular weight is 298 g/mol. The van der Waals surface area contributed by atoms with Gasteiger partial charge in [0.15, 0.2) is 0 Å². The van der Waals surface area contributed by atoms with E-state index in [-0.39, 0.29) is 6.04 Å². The third-order valence-electron chi connectivity index (χ3n) is 3.34. The highest BCUT2D eigenvalue weighted by Crippen LogP contribution is 2.19. The second kappa shape index (κ2) is 5.76. The molecule has 1 fully saturated rings. The minimum absolute atomic E-state index is 0.0843. The van der Waals surface area contributed by atoms with E-state index in [1.807, 2.05) is 0 Å². The number of aromatic nitrogens is 1. The van der Waals surface area contributed by atoms with E-state index in [0.717, 1.165) is 0 Å². The SMILES string of the molecule is CS(=O)(=O)N1CCC(Nc2ncccc2C(N)=O)CC1. The zero-order chi connectivity index (χ0) is 14.8. The van der Waals surface area contributed by atoms with Gasteiger partial charge < -0.3 is 11.1 Å². The Hall–Kier alpha value is -1.67. The molecule has 1 aromatic heterocycles. The van der Waals surface area contributed by atoms with Crippen molar-refractivity contribution in [2.45, 2.75) is 18.9 Å². The first kappa shape index (κ1) is 14.7. The molecule has 3 N–H and O–H groups in total. The number of nitrogens with one attached hydrogen (secondary N) is 1. The van der Waals surface area contributed by atoms with Crippen molar-refractivity contribution in [2.24, 2.45) is 5.73 Å². The van der Waals surface area contributed by atoms with Gasteiger partial charge in [-0.15, -0.1) is 0 Å². The second-order valence-corrected chi connectivity index (χ2v) is 6.83. The Bertz CT molecular complexity index is 594. The van der Waals surface area contributed by atoms with Crippen molar-refractivity contribution in [1.29, 1.82) is 0 Å². The summed E-state index contributed by atoms with van der Waals surface area (Å²) in [6.45, 7) is 0.935. The van der Waals surface area contributed by atoms with Gasteiger partial charge in [0, 0.05) is 25.3 Å². The number of sulfonamides is 1. The second-order valence-electron chi connectivity index (χ2n) is 4.84. The molecule has 0 atom stereocenters. The van der Waals surface area contributed by atoms with Crippen LogP contribution in [0.5, 0.6) is 0 Å². The van der Waals surface area contributed by atoms with E-state index in [1.165, 1.54) is 10.6 Å². The molecule has 8 heteroatoms. The maximum absolute atomic E-state index is 11.4. The van der Waals surface area contributed by atoms with Crippen LogP contribution >= 0.6 is 0 Å². The highest BCUT2D eigenvalue weighted by molar-refractivity contribution is 7.88. The van der Waals surface area contributed by atoms with Crippen LogP contribution in [-0.4, -0.2) is 49.0 Å². The lowest BCUT2D eigenvalue weighted by Crippen LogP contribution is -2.42. The summed E-state index contributed by atoms with van der Waals surface area (Å²) in [6, 6.07) is 3.35. The molecule has 7 nitrogen and oxygen atoms in total. The van der Waals surface area contributed by atoms with Gasteiger partial charge >= 0.3 is 0 Å². The number of carbonyl (C=O) groups excluding carboxylic acids is 1. The predicted molar refractivity (Wildman–Crippen MR) is 75.8 cm³/mol. The lowest BCUT2D eigenvalue weighted by atomic mass is 10.1. The van der Waals surface area contributed by atoms with Gasteiger partial charge in [-0.05, 0) is 25.0 Å². The van der Waals surface area contributed by atoms with Crippen molar-refractivity contribution in [2.75, 3.05) is 24.7 Å². The highest BCUT2D eigenvalue weighted by Gasteiger charge is 2.25. The molecule has 0 unspecified atom stereocenters. The van der Waals surface area contributed by atoms with Crippen LogP contribution in [-0.2, 0) is 10.0 Å². The van der Waals surface area contributed by atoms with Gasteiger partial charge in [-0.1, -0.05) is 0 Å². The van der Waals surface area contributed by atoms with Crippen molar-refractivity contribution >= 4 is 21.7 Å². The molecule has 2 heterocycles. The van der Waals surface area contributed by atoms with Gasteiger partial charge in [-0.3, -0.25) is 4.79 Å². The van der Waals surface area contributed by atoms with Crippen LogP contribution in [0.15, 0.2) is 18.3 Å². The van der Waals surface area contributed by atoms with E-state index in [0.29, 0.717) is 37.3 Å². The molecule has 0 aliphatic carbocycles. The first-order valence-electron chi connectivity index (χ1n) is 6.34. The molecular formula is C12H18N4O3S. The monoisotopic (exact) mass is 298 g/mol. The molecule has 1 aromatic rings. The minimum atomic E-state index is -3.13. The van der Waals surface area contributed by atoms with Crippen LogP contribution in [0, 0.1) is 0 Å². The molecule has 0 radical (unpaired) electrons. The predicted octanol–water partition coefficient (Wildman–Crippen LogP) is 0.0164. The summed E-state index contributed by atoms with van der Waals surface area (Å²) in [5, 5.41) is 3.17. The molecule has 0 aromatic carbocycles. The number of carbonyl (C=O) groups is 1. The Labute approximate surface area is 118 Å². The van der Waals surface area contributed by atoms with Gasteiger partial charge in [0.1, 0.15) is 5.82 Å². The Balaban J connectivity index is 2.02. The van der Waals surface area contributed by atoms with Crippen LogP contribution < -0.4 is 11.1 Å². The Kier molecular flexibility index (Phi) is 4.24. The number of piperidine rings is 1. The summed E-state index contributed by atoms with van der Waals surface area (Å²) < 4.78 is 24.3. The van der Waals surface area contributed by atoms with Gasteiger partial charge in [0.2, 0.25) is 10.0 Å². The largest absolute Gasteiger partial charge is 0.367 e. The van der Waals surface area contributed by atoms with E-state index in [1.54, 1.807) is 18.3 Å². The molecule has 1 aliphatic heterocycles. The number of nitrogens with zero attached hydrogens (tertiary/aromatic N) is 2. The van der Waals surface area contributed by atoms with Crippen LogP contribution in [0.2, 0.25) is 0 Å². The molecule has 1 saturated heterocycles. The van der Waals surface area contributed by atoms with Gasteiger partial charge in [-0.25, -0.2) is 17.7 Å². The zero-order valence-electron chi connectivity index (χ0n) is 11.2. The van der Waals surface area contributed by atoms with Gasteiger partial charge in [0.25, 0.3) is 5.91 Å².